The molecule has 2 aromatic rings. The zero-order valence-electron chi connectivity index (χ0n) is 13.5. The lowest BCUT2D eigenvalue weighted by atomic mass is 10.0. The molecule has 23 heavy (non-hydrogen) atoms. The molecule has 1 aromatic heterocycles. The number of hydrogen-bond donors (Lipinski definition) is 3. The molecule has 0 bridgehead atoms. The quantitative estimate of drug-likeness (QED) is 0.767. The van der Waals surface area contributed by atoms with E-state index in [0.29, 0.717) is 6.54 Å². The number of rotatable bonds is 6. The molecule has 0 aliphatic rings. The molecule has 5 heteroatoms. The van der Waals surface area contributed by atoms with Gasteiger partial charge in [0, 0.05) is 18.4 Å². The number of pyridine rings is 1. The SMILES string of the molecule is CCc1ccc(C(CO)NC(=O)NCc2ccc(C)nc2)cc1. The highest BCUT2D eigenvalue weighted by Gasteiger charge is 2.13. The second-order valence-corrected chi connectivity index (χ2v) is 5.47. The largest absolute Gasteiger partial charge is 0.394 e. The number of hydrogen-bond acceptors (Lipinski definition) is 3. The molecule has 1 unspecified atom stereocenters. The molecule has 2 amide bonds. The molecule has 5 nitrogen and oxygen atoms in total. The Morgan fingerprint density at radius 3 is 2.43 bits per heavy atom. The molecule has 122 valence electrons. The van der Waals surface area contributed by atoms with Crippen LogP contribution >= 0.6 is 0 Å². The first-order valence-corrected chi connectivity index (χ1v) is 7.78. The zero-order chi connectivity index (χ0) is 16.7. The van der Waals surface area contributed by atoms with Crippen molar-refractivity contribution in [2.75, 3.05) is 6.61 Å². The highest BCUT2D eigenvalue weighted by atomic mass is 16.3. The minimum Gasteiger partial charge on any atom is -0.394 e. The summed E-state index contributed by atoms with van der Waals surface area (Å²) >= 11 is 0. The first-order valence-electron chi connectivity index (χ1n) is 7.78. The highest BCUT2D eigenvalue weighted by Crippen LogP contribution is 2.14. The molecule has 0 saturated heterocycles. The summed E-state index contributed by atoms with van der Waals surface area (Å²) in [7, 11) is 0. The van der Waals surface area contributed by atoms with E-state index in [0.717, 1.165) is 23.2 Å². The van der Waals surface area contributed by atoms with Crippen LogP contribution < -0.4 is 10.6 Å². The van der Waals surface area contributed by atoms with Crippen molar-refractivity contribution in [2.24, 2.45) is 0 Å². The van der Waals surface area contributed by atoms with Crippen LogP contribution in [0.5, 0.6) is 0 Å². The molecular weight excluding hydrogens is 290 g/mol. The van der Waals surface area contributed by atoms with E-state index in [1.807, 2.05) is 43.3 Å². The van der Waals surface area contributed by atoms with E-state index >= 15 is 0 Å². The number of nitrogens with one attached hydrogen (secondary N) is 2. The third-order valence-corrected chi connectivity index (χ3v) is 3.70. The van der Waals surface area contributed by atoms with Crippen molar-refractivity contribution in [3.05, 3.63) is 65.0 Å². The Bertz CT molecular complexity index is 624. The maximum Gasteiger partial charge on any atom is 0.315 e. The average Bonchev–Trinajstić information content (AvgIpc) is 2.59. The van der Waals surface area contributed by atoms with Crippen LogP contribution in [0.2, 0.25) is 0 Å². The van der Waals surface area contributed by atoms with Crippen LogP contribution in [-0.2, 0) is 13.0 Å². The van der Waals surface area contributed by atoms with E-state index in [1.165, 1.54) is 5.56 Å². The number of amides is 2. The summed E-state index contributed by atoms with van der Waals surface area (Å²) in [6.07, 6.45) is 2.70. The Labute approximate surface area is 136 Å². The third-order valence-electron chi connectivity index (χ3n) is 3.70. The Morgan fingerprint density at radius 1 is 1.17 bits per heavy atom. The number of carbonyl (C=O) groups excluding carboxylic acids is 1. The predicted molar refractivity (Wildman–Crippen MR) is 90.0 cm³/mol. The van der Waals surface area contributed by atoms with Crippen LogP contribution in [0.4, 0.5) is 4.79 Å². The number of aliphatic hydroxyl groups is 1. The number of carbonyl (C=O) groups is 1. The van der Waals surface area contributed by atoms with Crippen molar-refractivity contribution in [1.82, 2.24) is 15.6 Å². The van der Waals surface area contributed by atoms with Gasteiger partial charge in [-0.1, -0.05) is 37.3 Å². The fourth-order valence-corrected chi connectivity index (χ4v) is 2.21. The van der Waals surface area contributed by atoms with E-state index in [4.69, 9.17) is 0 Å². The highest BCUT2D eigenvalue weighted by molar-refractivity contribution is 5.74. The topological polar surface area (TPSA) is 74.2 Å². The lowest BCUT2D eigenvalue weighted by Crippen LogP contribution is -2.38. The molecule has 0 aliphatic heterocycles. The number of aromatic nitrogens is 1. The Morgan fingerprint density at radius 2 is 1.87 bits per heavy atom. The molecule has 0 saturated carbocycles. The van der Waals surface area contributed by atoms with Crippen molar-refractivity contribution in [3.8, 4) is 0 Å². The summed E-state index contributed by atoms with van der Waals surface area (Å²) in [4.78, 5) is 16.2. The molecule has 3 N–H and O–H groups in total. The Hall–Kier alpha value is -2.40. The van der Waals surface area contributed by atoms with E-state index in [-0.39, 0.29) is 12.6 Å². The van der Waals surface area contributed by atoms with E-state index in [1.54, 1.807) is 6.20 Å². The molecule has 0 spiro atoms. The summed E-state index contributed by atoms with van der Waals surface area (Å²) in [6.45, 7) is 4.25. The summed E-state index contributed by atoms with van der Waals surface area (Å²) in [5, 5.41) is 15.1. The molecule has 1 heterocycles. The van der Waals surface area contributed by atoms with Crippen molar-refractivity contribution >= 4 is 6.03 Å². The molecule has 1 atom stereocenters. The van der Waals surface area contributed by atoms with E-state index < -0.39 is 6.04 Å². The fraction of sp³-hybridized carbons (Fsp3) is 0.333. The monoisotopic (exact) mass is 313 g/mol. The Balaban J connectivity index is 1.89. The minimum absolute atomic E-state index is 0.148. The smallest absolute Gasteiger partial charge is 0.315 e. The molecule has 0 aliphatic carbocycles. The van der Waals surface area contributed by atoms with Gasteiger partial charge in [0.25, 0.3) is 0 Å². The van der Waals surface area contributed by atoms with E-state index in [9.17, 15) is 9.90 Å². The van der Waals surface area contributed by atoms with Gasteiger partial charge in [-0.2, -0.15) is 0 Å². The second kappa shape index (κ2) is 8.29. The number of aryl methyl sites for hydroxylation is 2. The zero-order valence-corrected chi connectivity index (χ0v) is 13.5. The first-order chi connectivity index (χ1) is 11.1. The van der Waals surface area contributed by atoms with Crippen LogP contribution in [0.15, 0.2) is 42.6 Å². The number of urea groups is 1. The summed E-state index contributed by atoms with van der Waals surface area (Å²) in [5.74, 6) is 0. The van der Waals surface area contributed by atoms with Gasteiger partial charge in [0.2, 0.25) is 0 Å². The van der Waals surface area contributed by atoms with Crippen LogP contribution in [0.25, 0.3) is 0 Å². The lowest BCUT2D eigenvalue weighted by Gasteiger charge is -2.17. The van der Waals surface area contributed by atoms with Crippen LogP contribution in [-0.4, -0.2) is 22.7 Å². The van der Waals surface area contributed by atoms with Crippen LogP contribution in [0.1, 0.15) is 35.3 Å². The maximum absolute atomic E-state index is 12.0. The molecule has 0 fully saturated rings. The second-order valence-electron chi connectivity index (χ2n) is 5.47. The number of benzene rings is 1. The summed E-state index contributed by atoms with van der Waals surface area (Å²) in [6, 6.07) is 11.0. The number of nitrogens with zero attached hydrogens (tertiary/aromatic N) is 1. The van der Waals surface area contributed by atoms with Gasteiger partial charge >= 0.3 is 6.03 Å². The predicted octanol–water partition coefficient (Wildman–Crippen LogP) is 2.49. The van der Waals surface area contributed by atoms with Gasteiger partial charge in [0.15, 0.2) is 0 Å². The first kappa shape index (κ1) is 17.0. The normalized spacial score (nSPS) is 11.8. The third kappa shape index (κ3) is 5.07. The fourth-order valence-electron chi connectivity index (χ4n) is 2.21. The molecule has 0 radical (unpaired) electrons. The number of aliphatic hydroxyl groups excluding tert-OH is 1. The van der Waals surface area contributed by atoms with Crippen LogP contribution in [0, 0.1) is 6.92 Å². The van der Waals surface area contributed by atoms with E-state index in [2.05, 4.69) is 22.5 Å². The van der Waals surface area contributed by atoms with Gasteiger partial charge in [-0.3, -0.25) is 4.98 Å². The van der Waals surface area contributed by atoms with Crippen LogP contribution in [0.3, 0.4) is 0 Å². The van der Waals surface area contributed by atoms with Gasteiger partial charge in [-0.15, -0.1) is 0 Å². The molecular formula is C18H23N3O2. The van der Waals surface area contributed by atoms with Gasteiger partial charge in [-0.25, -0.2) is 4.79 Å². The van der Waals surface area contributed by atoms with Gasteiger partial charge in [0.1, 0.15) is 0 Å². The van der Waals surface area contributed by atoms with Crippen molar-refractivity contribution in [3.63, 3.8) is 0 Å². The molecule has 2 rings (SSSR count). The summed E-state index contributed by atoms with van der Waals surface area (Å²) < 4.78 is 0. The lowest BCUT2D eigenvalue weighted by molar-refractivity contribution is 0.216. The average molecular weight is 313 g/mol. The summed E-state index contributed by atoms with van der Waals surface area (Å²) in [5.41, 5.74) is 3.98. The standard InChI is InChI=1S/C18H23N3O2/c1-3-14-6-8-16(9-7-14)17(12-22)21-18(23)20-11-15-5-4-13(2)19-10-15/h4-10,17,22H,3,11-12H2,1-2H3,(H2,20,21,23). The molecule has 1 aromatic carbocycles. The maximum atomic E-state index is 12.0. The van der Waals surface area contributed by atoms with Gasteiger partial charge < -0.3 is 15.7 Å². The van der Waals surface area contributed by atoms with Crippen molar-refractivity contribution in [2.45, 2.75) is 32.9 Å². The van der Waals surface area contributed by atoms with Gasteiger partial charge in [0.05, 0.1) is 12.6 Å². The van der Waals surface area contributed by atoms with Crippen molar-refractivity contribution in [1.29, 1.82) is 0 Å². The minimum atomic E-state index is -0.419. The van der Waals surface area contributed by atoms with Crippen molar-refractivity contribution < 1.29 is 9.90 Å². The Kier molecular flexibility index (Phi) is 6.11. The van der Waals surface area contributed by atoms with Gasteiger partial charge in [-0.05, 0) is 36.1 Å².